The lowest BCUT2D eigenvalue weighted by Gasteiger charge is -2.04. The summed E-state index contributed by atoms with van der Waals surface area (Å²) in [6, 6.07) is 1.77. The first-order valence-corrected chi connectivity index (χ1v) is 6.77. The molecule has 0 saturated carbocycles. The van der Waals surface area contributed by atoms with Crippen molar-refractivity contribution in [1.82, 2.24) is 5.32 Å². The summed E-state index contributed by atoms with van der Waals surface area (Å²) in [4.78, 5) is 23.5. The maximum absolute atomic E-state index is 11.9. The van der Waals surface area contributed by atoms with Gasteiger partial charge < -0.3 is 15.8 Å². The highest BCUT2D eigenvalue weighted by molar-refractivity contribution is 7.12. The van der Waals surface area contributed by atoms with Gasteiger partial charge in [-0.25, -0.2) is 0 Å². The predicted octanol–water partition coefficient (Wildman–Crippen LogP) is 0.741. The van der Waals surface area contributed by atoms with Gasteiger partial charge in [-0.05, 0) is 18.4 Å². The summed E-state index contributed by atoms with van der Waals surface area (Å²) >= 11 is 1.31. The molecule has 102 valence electrons. The van der Waals surface area contributed by atoms with Gasteiger partial charge >= 0.3 is 5.97 Å². The van der Waals surface area contributed by atoms with E-state index in [1.54, 1.807) is 18.4 Å². The number of carbonyl (C=O) groups is 2. The summed E-state index contributed by atoms with van der Waals surface area (Å²) in [7, 11) is 0. The highest BCUT2D eigenvalue weighted by Gasteiger charge is 2.12. The zero-order valence-electron chi connectivity index (χ0n) is 10.7. The van der Waals surface area contributed by atoms with Gasteiger partial charge in [0.25, 0.3) is 5.91 Å². The Labute approximate surface area is 116 Å². The van der Waals surface area contributed by atoms with Gasteiger partial charge in [0.15, 0.2) is 0 Å². The third-order valence-electron chi connectivity index (χ3n) is 2.12. The first-order chi connectivity index (χ1) is 9.19. The van der Waals surface area contributed by atoms with Crippen LogP contribution in [0.5, 0.6) is 0 Å². The lowest BCUT2D eigenvalue weighted by atomic mass is 10.2. The first-order valence-electron chi connectivity index (χ1n) is 5.89. The summed E-state index contributed by atoms with van der Waals surface area (Å²) in [5, 5.41) is 4.46. The first kappa shape index (κ1) is 15.2. The molecule has 0 bridgehead atoms. The molecule has 1 aromatic heterocycles. The van der Waals surface area contributed by atoms with Crippen LogP contribution in [-0.2, 0) is 9.53 Å². The summed E-state index contributed by atoms with van der Waals surface area (Å²) in [5.41, 5.74) is 5.95. The molecule has 0 atom stereocenters. The molecule has 0 aromatic carbocycles. The molecule has 0 fully saturated rings. The van der Waals surface area contributed by atoms with Crippen molar-refractivity contribution in [3.8, 4) is 11.8 Å². The summed E-state index contributed by atoms with van der Waals surface area (Å²) in [5.74, 6) is 4.99. The van der Waals surface area contributed by atoms with Crippen LogP contribution in [0.1, 0.15) is 28.6 Å². The summed E-state index contributed by atoms with van der Waals surface area (Å²) in [6.07, 6.45) is 0.161. The number of nitrogens with one attached hydrogen (secondary N) is 1. The SMILES string of the molecule is CCOC(=O)CCNC(=O)c1sccc1C#CCN. The molecule has 1 aromatic rings. The maximum Gasteiger partial charge on any atom is 0.307 e. The molecular weight excluding hydrogens is 264 g/mol. The number of rotatable bonds is 5. The van der Waals surface area contributed by atoms with Gasteiger partial charge in [0.2, 0.25) is 0 Å². The second-order valence-corrected chi connectivity index (χ2v) is 4.40. The third-order valence-corrected chi connectivity index (χ3v) is 3.03. The Morgan fingerprint density at radius 3 is 3.00 bits per heavy atom. The Kier molecular flexibility index (Phi) is 6.64. The Bertz CT molecular complexity index is 499. The van der Waals surface area contributed by atoms with E-state index in [2.05, 4.69) is 17.2 Å². The lowest BCUT2D eigenvalue weighted by Crippen LogP contribution is -2.26. The van der Waals surface area contributed by atoms with Gasteiger partial charge in [-0.15, -0.1) is 11.3 Å². The number of carbonyl (C=O) groups excluding carboxylic acids is 2. The minimum Gasteiger partial charge on any atom is -0.466 e. The van der Waals surface area contributed by atoms with Crippen LogP contribution in [0.2, 0.25) is 0 Å². The highest BCUT2D eigenvalue weighted by Crippen LogP contribution is 2.15. The van der Waals surface area contributed by atoms with Crippen LogP contribution in [0, 0.1) is 11.8 Å². The molecular formula is C13H16N2O3S. The zero-order chi connectivity index (χ0) is 14.1. The van der Waals surface area contributed by atoms with Crippen molar-refractivity contribution in [2.75, 3.05) is 19.7 Å². The number of esters is 1. The molecule has 1 rings (SSSR count). The average Bonchev–Trinajstić information content (AvgIpc) is 2.84. The highest BCUT2D eigenvalue weighted by atomic mass is 32.1. The summed E-state index contributed by atoms with van der Waals surface area (Å²) in [6.45, 7) is 2.58. The topological polar surface area (TPSA) is 81.4 Å². The largest absolute Gasteiger partial charge is 0.466 e. The van der Waals surface area contributed by atoms with E-state index < -0.39 is 0 Å². The second-order valence-electron chi connectivity index (χ2n) is 3.48. The molecule has 5 nitrogen and oxygen atoms in total. The monoisotopic (exact) mass is 280 g/mol. The second kappa shape index (κ2) is 8.29. The number of nitrogens with two attached hydrogens (primary N) is 1. The molecule has 3 N–H and O–H groups in total. The van der Waals surface area contributed by atoms with E-state index >= 15 is 0 Å². The van der Waals surface area contributed by atoms with Gasteiger partial charge in [0.05, 0.1) is 19.6 Å². The fourth-order valence-corrected chi connectivity index (χ4v) is 2.09. The van der Waals surface area contributed by atoms with Gasteiger partial charge in [-0.2, -0.15) is 0 Å². The van der Waals surface area contributed by atoms with E-state index in [1.165, 1.54) is 11.3 Å². The molecule has 19 heavy (non-hydrogen) atoms. The van der Waals surface area contributed by atoms with Crippen LogP contribution < -0.4 is 11.1 Å². The number of hydrogen-bond donors (Lipinski definition) is 2. The smallest absolute Gasteiger partial charge is 0.307 e. The maximum atomic E-state index is 11.9. The number of ether oxygens (including phenoxy) is 1. The molecule has 1 heterocycles. The van der Waals surface area contributed by atoms with Crippen molar-refractivity contribution >= 4 is 23.2 Å². The fraction of sp³-hybridized carbons (Fsp3) is 0.385. The number of amides is 1. The molecule has 1 amide bonds. The number of thiophene rings is 1. The van der Waals surface area contributed by atoms with Crippen molar-refractivity contribution in [2.45, 2.75) is 13.3 Å². The molecule has 0 spiro atoms. The minimum atomic E-state index is -0.322. The van der Waals surface area contributed by atoms with Crippen LogP contribution in [0.3, 0.4) is 0 Å². The standard InChI is InChI=1S/C13H16N2O3S/c1-2-18-11(16)5-8-15-13(17)12-10(4-3-7-14)6-9-19-12/h6,9H,2,5,7-8,14H2,1H3,(H,15,17). The van der Waals surface area contributed by atoms with Gasteiger partial charge in [0, 0.05) is 12.1 Å². The summed E-state index contributed by atoms with van der Waals surface area (Å²) < 4.78 is 4.77. The Hall–Kier alpha value is -1.84. The molecule has 0 unspecified atom stereocenters. The van der Waals surface area contributed by atoms with Gasteiger partial charge in [0.1, 0.15) is 4.88 Å². The molecule has 6 heteroatoms. The fourth-order valence-electron chi connectivity index (χ4n) is 1.32. The Morgan fingerprint density at radius 2 is 2.32 bits per heavy atom. The van der Waals surface area contributed by atoms with Crippen LogP contribution >= 0.6 is 11.3 Å². The van der Waals surface area contributed by atoms with Crippen molar-refractivity contribution in [3.05, 3.63) is 21.9 Å². The van der Waals surface area contributed by atoms with Crippen molar-refractivity contribution in [2.24, 2.45) is 5.73 Å². The van der Waals surface area contributed by atoms with Gasteiger partial charge in [-0.3, -0.25) is 9.59 Å². The molecule has 0 saturated heterocycles. The Morgan fingerprint density at radius 1 is 1.53 bits per heavy atom. The number of hydrogen-bond acceptors (Lipinski definition) is 5. The van der Waals surface area contributed by atoms with Crippen LogP contribution in [0.15, 0.2) is 11.4 Å². The predicted molar refractivity (Wildman–Crippen MR) is 73.8 cm³/mol. The van der Waals surface area contributed by atoms with E-state index in [4.69, 9.17) is 10.5 Å². The normalized spacial score (nSPS) is 9.37. The van der Waals surface area contributed by atoms with E-state index in [-0.39, 0.29) is 31.4 Å². The third kappa shape index (κ3) is 5.12. The molecule has 0 aliphatic heterocycles. The van der Waals surface area contributed by atoms with Crippen molar-refractivity contribution < 1.29 is 14.3 Å². The zero-order valence-corrected chi connectivity index (χ0v) is 11.5. The lowest BCUT2D eigenvalue weighted by molar-refractivity contribution is -0.142. The minimum absolute atomic E-state index is 0.161. The molecule has 0 aliphatic rings. The Balaban J connectivity index is 2.50. The van der Waals surface area contributed by atoms with E-state index in [0.717, 1.165) is 0 Å². The van der Waals surface area contributed by atoms with Gasteiger partial charge in [-0.1, -0.05) is 11.8 Å². The van der Waals surface area contributed by atoms with Crippen molar-refractivity contribution in [3.63, 3.8) is 0 Å². The van der Waals surface area contributed by atoms with Crippen LogP contribution in [0.25, 0.3) is 0 Å². The molecule has 0 radical (unpaired) electrons. The van der Waals surface area contributed by atoms with E-state index in [9.17, 15) is 9.59 Å². The van der Waals surface area contributed by atoms with Crippen LogP contribution in [0.4, 0.5) is 0 Å². The van der Waals surface area contributed by atoms with E-state index in [1.807, 2.05) is 0 Å². The molecule has 0 aliphatic carbocycles. The van der Waals surface area contributed by atoms with Crippen LogP contribution in [-0.4, -0.2) is 31.6 Å². The quantitative estimate of drug-likeness (QED) is 0.616. The van der Waals surface area contributed by atoms with Crippen molar-refractivity contribution in [1.29, 1.82) is 0 Å². The average molecular weight is 280 g/mol. The van der Waals surface area contributed by atoms with E-state index in [0.29, 0.717) is 17.0 Å².